The maximum absolute atomic E-state index is 13.0. The average Bonchev–Trinajstić information content (AvgIpc) is 2.69. The number of nitrogens with two attached hydrogens (primary N) is 2. The molecule has 11 heteroatoms. The van der Waals surface area contributed by atoms with Crippen LogP contribution in [0.1, 0.15) is 31.7 Å². The molecule has 0 fully saturated rings. The van der Waals surface area contributed by atoms with Crippen molar-refractivity contribution in [1.29, 1.82) is 0 Å². The number of nitrogens with one attached hydrogen (secondary N) is 1. The largest absolute Gasteiger partial charge is 1.00 e. The number of methoxy groups -OCH3 is 1. The van der Waals surface area contributed by atoms with Crippen molar-refractivity contribution in [1.82, 2.24) is 5.32 Å². The summed E-state index contributed by atoms with van der Waals surface area (Å²) in [6.45, 7) is 3.61. The Bertz CT molecular complexity index is 934. The summed E-state index contributed by atoms with van der Waals surface area (Å²) in [5.74, 6) is -1.45. The van der Waals surface area contributed by atoms with Crippen molar-refractivity contribution >= 4 is 52.1 Å². The van der Waals surface area contributed by atoms with Crippen LogP contribution in [0.3, 0.4) is 0 Å². The van der Waals surface area contributed by atoms with Crippen LogP contribution in [0.15, 0.2) is 40.7 Å². The van der Waals surface area contributed by atoms with Crippen molar-refractivity contribution in [2.24, 2.45) is 5.73 Å². The Morgan fingerprint density at radius 1 is 1.26 bits per heavy atom. The molecule has 0 saturated carbocycles. The first-order valence-corrected chi connectivity index (χ1v) is 10.9. The molecule has 0 bridgehead atoms. The van der Waals surface area contributed by atoms with E-state index in [2.05, 4.69) is 5.32 Å². The third-order valence-corrected chi connectivity index (χ3v) is 6.03. The van der Waals surface area contributed by atoms with Crippen LogP contribution in [0.4, 0.5) is 0 Å². The van der Waals surface area contributed by atoms with Gasteiger partial charge in [-0.05, 0) is 43.7 Å². The van der Waals surface area contributed by atoms with Gasteiger partial charge in [-0.25, -0.2) is 9.59 Å². The standard InChI is InChI=1S/C20H23Cl2N3O4S.ClH/c1-4-29-19(27)16-13(8-9-30-20(23)24)25-10(2)14(18(26)28-3)15(16)11-6-5-7-12(21)17(11)22;/h5-7,15,25H,4,8-9H2,1-3H3,(H3,23,24);1H. The molecule has 5 N–H and O–H groups in total. The predicted octanol–water partition coefficient (Wildman–Crippen LogP) is -0.854. The lowest BCUT2D eigenvalue weighted by Crippen LogP contribution is -3.00. The van der Waals surface area contributed by atoms with Crippen LogP contribution >= 0.6 is 35.0 Å². The van der Waals surface area contributed by atoms with Crippen LogP contribution in [0.25, 0.3) is 0 Å². The lowest BCUT2D eigenvalue weighted by Gasteiger charge is -2.32. The number of dihydropyridines is 1. The smallest absolute Gasteiger partial charge is 0.336 e. The number of hydrogen-bond donors (Lipinski definition) is 3. The fourth-order valence-corrected chi connectivity index (χ4v) is 4.21. The van der Waals surface area contributed by atoms with E-state index in [0.717, 1.165) is 0 Å². The maximum Gasteiger partial charge on any atom is 0.336 e. The van der Waals surface area contributed by atoms with E-state index in [1.807, 2.05) is 0 Å². The van der Waals surface area contributed by atoms with Gasteiger partial charge in [-0.3, -0.25) is 11.1 Å². The second kappa shape index (κ2) is 12.2. The molecule has 1 aliphatic heterocycles. The third-order valence-electron chi connectivity index (χ3n) is 4.46. The van der Waals surface area contributed by atoms with E-state index in [1.165, 1.54) is 18.9 Å². The number of hydrogen-bond acceptors (Lipinski definition) is 6. The highest BCUT2D eigenvalue weighted by atomic mass is 35.5. The Morgan fingerprint density at radius 2 is 1.94 bits per heavy atom. The number of esters is 2. The average molecular weight is 509 g/mol. The molecule has 0 aromatic heterocycles. The van der Waals surface area contributed by atoms with Crippen LogP contribution in [0, 0.1) is 0 Å². The van der Waals surface area contributed by atoms with E-state index in [4.69, 9.17) is 43.8 Å². The third kappa shape index (κ3) is 6.32. The molecule has 0 aliphatic carbocycles. The molecule has 2 rings (SSSR count). The molecular weight excluding hydrogens is 485 g/mol. The minimum absolute atomic E-state index is 0. The molecule has 1 aliphatic rings. The molecule has 170 valence electrons. The van der Waals surface area contributed by atoms with Crippen LogP contribution in [-0.4, -0.2) is 36.6 Å². The summed E-state index contributed by atoms with van der Waals surface area (Å²) in [5.41, 5.74) is 7.70. The SMILES string of the molecule is CCOC(=O)C1=C(CCSC(N)=[NH2+])NC(C)=C(C(=O)OC)C1c1cccc(Cl)c1Cl.[Cl-]. The first kappa shape index (κ1) is 27.2. The van der Waals surface area contributed by atoms with Gasteiger partial charge < -0.3 is 27.2 Å². The molecule has 0 saturated heterocycles. The van der Waals surface area contributed by atoms with Crippen molar-refractivity contribution in [3.63, 3.8) is 0 Å². The number of carbonyl (C=O) groups is 2. The number of carbonyl (C=O) groups excluding carboxylic acids is 2. The number of amidine groups is 1. The van der Waals surface area contributed by atoms with Gasteiger partial charge in [0.1, 0.15) is 0 Å². The summed E-state index contributed by atoms with van der Waals surface area (Å²) in [6, 6.07) is 5.06. The Labute approximate surface area is 201 Å². The number of halogens is 3. The quantitative estimate of drug-likeness (QED) is 0.249. The van der Waals surface area contributed by atoms with Crippen LogP contribution in [0.5, 0.6) is 0 Å². The highest BCUT2D eigenvalue weighted by Gasteiger charge is 2.39. The minimum atomic E-state index is -0.817. The number of ether oxygens (including phenoxy) is 2. The van der Waals surface area contributed by atoms with Crippen molar-refractivity contribution in [2.45, 2.75) is 26.2 Å². The summed E-state index contributed by atoms with van der Waals surface area (Å²) in [6.07, 6.45) is 0.428. The number of allylic oxidation sites excluding steroid dienone is 2. The first-order valence-electron chi connectivity index (χ1n) is 9.13. The van der Waals surface area contributed by atoms with Gasteiger partial charge in [0.2, 0.25) is 0 Å². The molecule has 1 aromatic carbocycles. The molecule has 31 heavy (non-hydrogen) atoms. The molecule has 0 radical (unpaired) electrons. The molecule has 0 amide bonds. The van der Waals surface area contributed by atoms with Crippen molar-refractivity contribution in [3.05, 3.63) is 56.3 Å². The number of rotatable bonds is 7. The van der Waals surface area contributed by atoms with Gasteiger partial charge in [-0.1, -0.05) is 35.3 Å². The summed E-state index contributed by atoms with van der Waals surface area (Å²) < 4.78 is 10.3. The number of benzene rings is 1. The zero-order chi connectivity index (χ0) is 22.4. The topological polar surface area (TPSA) is 116 Å². The van der Waals surface area contributed by atoms with E-state index in [1.54, 1.807) is 32.0 Å². The Kier molecular flexibility index (Phi) is 10.7. The second-order valence-corrected chi connectivity index (χ2v) is 8.30. The first-order chi connectivity index (χ1) is 14.2. The van der Waals surface area contributed by atoms with Crippen LogP contribution in [-0.2, 0) is 19.1 Å². The van der Waals surface area contributed by atoms with E-state index >= 15 is 0 Å². The van der Waals surface area contributed by atoms with Gasteiger partial charge in [0.25, 0.3) is 5.17 Å². The predicted molar refractivity (Wildman–Crippen MR) is 119 cm³/mol. The minimum Gasteiger partial charge on any atom is -1.00 e. The molecule has 1 heterocycles. The molecule has 1 atom stereocenters. The Balaban J connectivity index is 0.00000480. The van der Waals surface area contributed by atoms with Crippen molar-refractivity contribution < 1.29 is 36.9 Å². The maximum atomic E-state index is 13.0. The van der Waals surface area contributed by atoms with Gasteiger partial charge in [-0.2, -0.15) is 0 Å². The van der Waals surface area contributed by atoms with Gasteiger partial charge in [0, 0.05) is 17.1 Å². The molecule has 1 aromatic rings. The Hall–Kier alpha value is -1.87. The lowest BCUT2D eigenvalue weighted by atomic mass is 9.79. The number of thioether (sulfide) groups is 1. The van der Waals surface area contributed by atoms with Gasteiger partial charge in [-0.15, -0.1) is 0 Å². The normalized spacial score (nSPS) is 15.7. The van der Waals surface area contributed by atoms with Crippen molar-refractivity contribution in [3.8, 4) is 0 Å². The van der Waals surface area contributed by atoms with Crippen LogP contribution < -0.4 is 28.9 Å². The molecular formula is C20H24Cl3N3O4S. The Morgan fingerprint density at radius 3 is 2.52 bits per heavy atom. The monoisotopic (exact) mass is 507 g/mol. The van der Waals surface area contributed by atoms with Gasteiger partial charge in [0.05, 0.1) is 40.8 Å². The van der Waals surface area contributed by atoms with Gasteiger partial charge in [0.15, 0.2) is 0 Å². The second-order valence-electron chi connectivity index (χ2n) is 6.34. The zero-order valence-corrected chi connectivity index (χ0v) is 20.3. The summed E-state index contributed by atoms with van der Waals surface area (Å²) in [4.78, 5) is 25.7. The fraction of sp³-hybridized carbons (Fsp3) is 0.350. The van der Waals surface area contributed by atoms with Gasteiger partial charge >= 0.3 is 11.9 Å². The zero-order valence-electron chi connectivity index (χ0n) is 17.3. The highest BCUT2D eigenvalue weighted by Crippen LogP contribution is 2.44. The summed E-state index contributed by atoms with van der Waals surface area (Å²) in [7, 11) is 1.28. The molecule has 7 nitrogen and oxygen atoms in total. The summed E-state index contributed by atoms with van der Waals surface area (Å²) >= 11 is 14.0. The fourth-order valence-electron chi connectivity index (χ4n) is 3.25. The molecule has 1 unspecified atom stereocenters. The van der Waals surface area contributed by atoms with E-state index < -0.39 is 17.9 Å². The highest BCUT2D eigenvalue weighted by molar-refractivity contribution is 8.13. The van der Waals surface area contributed by atoms with E-state index in [-0.39, 0.29) is 40.4 Å². The van der Waals surface area contributed by atoms with Crippen LogP contribution in [0.2, 0.25) is 10.0 Å². The van der Waals surface area contributed by atoms with E-state index in [9.17, 15) is 9.59 Å². The summed E-state index contributed by atoms with van der Waals surface area (Å²) in [5, 5.41) is 9.47. The van der Waals surface area contributed by atoms with Crippen molar-refractivity contribution in [2.75, 3.05) is 19.5 Å². The molecule has 0 spiro atoms. The lowest BCUT2D eigenvalue weighted by molar-refractivity contribution is -0.139. The van der Waals surface area contributed by atoms with E-state index in [0.29, 0.717) is 34.2 Å².